The number of likely N-dealkylation sites (tertiary alicyclic amines) is 1. The minimum absolute atomic E-state index is 0.225. The summed E-state index contributed by atoms with van der Waals surface area (Å²) in [5, 5.41) is 0. The number of nitrogens with zero attached hydrogens (tertiary/aromatic N) is 2. The van der Waals surface area contributed by atoms with Crippen LogP contribution in [0.4, 0.5) is 0 Å². The Kier molecular flexibility index (Phi) is 5.59. The summed E-state index contributed by atoms with van der Waals surface area (Å²) in [7, 11) is 3.62. The SMILES string of the molecule is COc1ccc(CN(C)CC(=O)N2CCCC2)cc1CN. The number of carbonyl (C=O) groups excluding carboxylic acids is 1. The third-order valence-electron chi connectivity index (χ3n) is 3.88. The fourth-order valence-electron chi connectivity index (χ4n) is 2.75. The summed E-state index contributed by atoms with van der Waals surface area (Å²) in [5.41, 5.74) is 7.88. The fraction of sp³-hybridized carbons (Fsp3) is 0.562. The molecule has 1 fully saturated rings. The molecule has 2 rings (SSSR count). The Morgan fingerprint density at radius 2 is 2.10 bits per heavy atom. The van der Waals surface area contributed by atoms with Crippen LogP contribution in [-0.2, 0) is 17.9 Å². The Labute approximate surface area is 126 Å². The molecule has 1 aromatic rings. The Morgan fingerprint density at radius 1 is 1.38 bits per heavy atom. The van der Waals surface area contributed by atoms with Crippen molar-refractivity contribution in [1.29, 1.82) is 0 Å². The number of rotatable bonds is 6. The van der Waals surface area contributed by atoms with Gasteiger partial charge in [0, 0.05) is 31.7 Å². The van der Waals surface area contributed by atoms with E-state index < -0.39 is 0 Å². The highest BCUT2D eigenvalue weighted by molar-refractivity contribution is 5.78. The lowest BCUT2D eigenvalue weighted by Gasteiger charge is -2.21. The van der Waals surface area contributed by atoms with Gasteiger partial charge in [-0.3, -0.25) is 9.69 Å². The van der Waals surface area contributed by atoms with Gasteiger partial charge in [0.25, 0.3) is 0 Å². The number of amides is 1. The second-order valence-corrected chi connectivity index (χ2v) is 5.61. The van der Waals surface area contributed by atoms with Gasteiger partial charge in [-0.25, -0.2) is 0 Å². The van der Waals surface area contributed by atoms with E-state index in [1.54, 1.807) is 7.11 Å². The van der Waals surface area contributed by atoms with E-state index in [9.17, 15) is 4.79 Å². The zero-order chi connectivity index (χ0) is 15.2. The van der Waals surface area contributed by atoms with Gasteiger partial charge in [-0.1, -0.05) is 6.07 Å². The number of carbonyl (C=O) groups is 1. The molecular formula is C16H25N3O2. The quantitative estimate of drug-likeness (QED) is 0.856. The topological polar surface area (TPSA) is 58.8 Å². The van der Waals surface area contributed by atoms with Gasteiger partial charge in [-0.15, -0.1) is 0 Å². The lowest BCUT2D eigenvalue weighted by molar-refractivity contribution is -0.131. The first-order chi connectivity index (χ1) is 10.1. The molecule has 0 bridgehead atoms. The third-order valence-corrected chi connectivity index (χ3v) is 3.88. The van der Waals surface area contributed by atoms with Gasteiger partial charge in [-0.05, 0) is 37.6 Å². The van der Waals surface area contributed by atoms with E-state index in [-0.39, 0.29) is 5.91 Å². The van der Waals surface area contributed by atoms with Gasteiger partial charge in [0.2, 0.25) is 5.91 Å². The lowest BCUT2D eigenvalue weighted by atomic mass is 10.1. The molecular weight excluding hydrogens is 266 g/mol. The van der Waals surface area contributed by atoms with Gasteiger partial charge in [-0.2, -0.15) is 0 Å². The molecule has 0 atom stereocenters. The van der Waals surface area contributed by atoms with Crippen LogP contribution in [0.15, 0.2) is 18.2 Å². The Morgan fingerprint density at radius 3 is 2.71 bits per heavy atom. The molecule has 5 nitrogen and oxygen atoms in total. The first-order valence-corrected chi connectivity index (χ1v) is 7.46. The summed E-state index contributed by atoms with van der Waals surface area (Å²) in [6, 6.07) is 6.01. The minimum atomic E-state index is 0.225. The van der Waals surface area contributed by atoms with E-state index in [2.05, 4.69) is 6.07 Å². The highest BCUT2D eigenvalue weighted by Crippen LogP contribution is 2.20. The molecule has 116 valence electrons. The standard InChI is InChI=1S/C16H25N3O2/c1-18(12-16(20)19-7-3-4-8-19)11-13-5-6-15(21-2)14(9-13)10-17/h5-6,9H,3-4,7-8,10-12,17H2,1-2H3. The van der Waals surface area contributed by atoms with Crippen molar-refractivity contribution >= 4 is 5.91 Å². The van der Waals surface area contributed by atoms with Gasteiger partial charge >= 0.3 is 0 Å². The Hall–Kier alpha value is -1.59. The zero-order valence-corrected chi connectivity index (χ0v) is 13.0. The van der Waals surface area contributed by atoms with Crippen molar-refractivity contribution in [3.63, 3.8) is 0 Å². The van der Waals surface area contributed by atoms with E-state index in [1.807, 2.05) is 29.0 Å². The van der Waals surface area contributed by atoms with Crippen LogP contribution in [0.3, 0.4) is 0 Å². The van der Waals surface area contributed by atoms with Crippen LogP contribution in [0.2, 0.25) is 0 Å². The summed E-state index contributed by atoms with van der Waals surface area (Å²) in [5.74, 6) is 1.04. The molecule has 0 spiro atoms. The van der Waals surface area contributed by atoms with Crippen LogP contribution in [0.5, 0.6) is 5.75 Å². The molecule has 2 N–H and O–H groups in total. The molecule has 1 saturated heterocycles. The van der Waals surface area contributed by atoms with Crippen molar-refractivity contribution in [2.75, 3.05) is 33.8 Å². The highest BCUT2D eigenvalue weighted by Gasteiger charge is 2.19. The fourth-order valence-corrected chi connectivity index (χ4v) is 2.75. The van der Waals surface area contributed by atoms with Gasteiger partial charge in [0.15, 0.2) is 0 Å². The van der Waals surface area contributed by atoms with E-state index in [0.717, 1.165) is 49.4 Å². The van der Waals surface area contributed by atoms with Gasteiger partial charge in [0.05, 0.1) is 13.7 Å². The number of methoxy groups -OCH3 is 1. The summed E-state index contributed by atoms with van der Waals surface area (Å²) in [6.45, 7) is 3.47. The maximum Gasteiger partial charge on any atom is 0.236 e. The van der Waals surface area contributed by atoms with Gasteiger partial charge < -0.3 is 15.4 Å². The number of nitrogens with two attached hydrogens (primary N) is 1. The second-order valence-electron chi connectivity index (χ2n) is 5.61. The van der Waals surface area contributed by atoms with Gasteiger partial charge in [0.1, 0.15) is 5.75 Å². The van der Waals surface area contributed by atoms with Crippen LogP contribution in [-0.4, -0.2) is 49.5 Å². The molecule has 5 heteroatoms. The maximum absolute atomic E-state index is 12.1. The average Bonchev–Trinajstić information content (AvgIpc) is 3.01. The maximum atomic E-state index is 12.1. The predicted molar refractivity (Wildman–Crippen MR) is 83.0 cm³/mol. The largest absolute Gasteiger partial charge is 0.496 e. The Bertz CT molecular complexity index is 484. The normalized spacial score (nSPS) is 14.8. The van der Waals surface area contributed by atoms with Crippen LogP contribution in [0.25, 0.3) is 0 Å². The first-order valence-electron chi connectivity index (χ1n) is 7.46. The zero-order valence-electron chi connectivity index (χ0n) is 13.0. The van der Waals surface area contributed by atoms with E-state index in [1.165, 1.54) is 0 Å². The first kappa shape index (κ1) is 15.8. The molecule has 0 radical (unpaired) electrons. The molecule has 1 aliphatic rings. The van der Waals surface area contributed by atoms with Crippen molar-refractivity contribution in [3.05, 3.63) is 29.3 Å². The van der Waals surface area contributed by atoms with Crippen LogP contribution in [0.1, 0.15) is 24.0 Å². The molecule has 1 aromatic carbocycles. The number of hydrogen-bond acceptors (Lipinski definition) is 4. The lowest BCUT2D eigenvalue weighted by Crippen LogP contribution is -2.36. The minimum Gasteiger partial charge on any atom is -0.496 e. The second kappa shape index (κ2) is 7.43. The molecule has 1 heterocycles. The molecule has 0 unspecified atom stereocenters. The molecule has 0 saturated carbocycles. The highest BCUT2D eigenvalue weighted by atomic mass is 16.5. The van der Waals surface area contributed by atoms with E-state index in [4.69, 9.17) is 10.5 Å². The number of hydrogen-bond donors (Lipinski definition) is 1. The predicted octanol–water partition coefficient (Wildman–Crippen LogP) is 1.21. The molecule has 0 aliphatic carbocycles. The molecule has 1 aliphatic heterocycles. The summed E-state index contributed by atoms with van der Waals surface area (Å²) in [6.07, 6.45) is 2.27. The van der Waals surface area contributed by atoms with Crippen molar-refractivity contribution in [1.82, 2.24) is 9.80 Å². The summed E-state index contributed by atoms with van der Waals surface area (Å²) in [4.78, 5) is 16.1. The molecule has 21 heavy (non-hydrogen) atoms. The van der Waals surface area contributed by atoms with Crippen molar-refractivity contribution < 1.29 is 9.53 Å². The van der Waals surface area contributed by atoms with E-state index >= 15 is 0 Å². The van der Waals surface area contributed by atoms with Crippen LogP contribution >= 0.6 is 0 Å². The number of ether oxygens (including phenoxy) is 1. The van der Waals surface area contributed by atoms with Crippen molar-refractivity contribution in [3.8, 4) is 5.75 Å². The van der Waals surface area contributed by atoms with E-state index in [0.29, 0.717) is 13.1 Å². The third kappa shape index (κ3) is 4.19. The Balaban J connectivity index is 1.92. The summed E-state index contributed by atoms with van der Waals surface area (Å²) >= 11 is 0. The van der Waals surface area contributed by atoms with Crippen LogP contribution < -0.4 is 10.5 Å². The number of likely N-dealkylation sites (N-methyl/N-ethyl adjacent to an activating group) is 1. The monoisotopic (exact) mass is 291 g/mol. The smallest absolute Gasteiger partial charge is 0.236 e. The van der Waals surface area contributed by atoms with Crippen LogP contribution in [0, 0.1) is 0 Å². The average molecular weight is 291 g/mol. The molecule has 0 aromatic heterocycles. The van der Waals surface area contributed by atoms with Crippen molar-refractivity contribution in [2.24, 2.45) is 5.73 Å². The number of benzene rings is 1. The summed E-state index contributed by atoms with van der Waals surface area (Å²) < 4.78 is 5.27. The van der Waals surface area contributed by atoms with Crippen molar-refractivity contribution in [2.45, 2.75) is 25.9 Å². The molecule has 1 amide bonds.